The van der Waals surface area contributed by atoms with Crippen LogP contribution in [-0.2, 0) is 19.6 Å². The lowest BCUT2D eigenvalue weighted by Gasteiger charge is -2.19. The number of sulfonamides is 1. The highest BCUT2D eigenvalue weighted by molar-refractivity contribution is 7.89. The molecule has 9 heteroatoms. The largest absolute Gasteiger partial charge is 0.452 e. The summed E-state index contributed by atoms with van der Waals surface area (Å²) in [4.78, 5) is 23.8. The fraction of sp³-hybridized carbons (Fsp3) is 0.556. The number of nitrogens with one attached hydrogen (secondary N) is 1. The number of hydrogen-bond donors (Lipinski definition) is 1. The van der Waals surface area contributed by atoms with Gasteiger partial charge in [0, 0.05) is 19.1 Å². The lowest BCUT2D eigenvalue weighted by molar-refractivity contribution is -0.124. The van der Waals surface area contributed by atoms with E-state index in [4.69, 9.17) is 16.3 Å². The molecule has 0 aliphatic rings. The van der Waals surface area contributed by atoms with Crippen LogP contribution in [0.25, 0.3) is 0 Å². The van der Waals surface area contributed by atoms with E-state index in [-0.39, 0.29) is 34.6 Å². The van der Waals surface area contributed by atoms with Crippen LogP contribution in [-0.4, -0.2) is 50.3 Å². The molecule has 0 aliphatic carbocycles. The van der Waals surface area contributed by atoms with E-state index in [1.165, 1.54) is 22.5 Å². The summed E-state index contributed by atoms with van der Waals surface area (Å²) in [5.74, 6) is -1.20. The average molecular weight is 419 g/mol. The summed E-state index contributed by atoms with van der Waals surface area (Å²) in [6.45, 7) is 7.42. The van der Waals surface area contributed by atoms with Crippen LogP contribution in [0.1, 0.15) is 50.9 Å². The van der Waals surface area contributed by atoms with Crippen molar-refractivity contribution in [2.75, 3.05) is 19.7 Å². The third-order valence-electron chi connectivity index (χ3n) is 3.95. The SMILES string of the molecule is CCC[C@H](C)NC(=O)COC(=O)c1ccc(Cl)c(S(=O)(=O)N(CC)CC)c1. The molecular weight excluding hydrogens is 392 g/mol. The molecule has 0 heterocycles. The van der Waals surface area contributed by atoms with Crippen molar-refractivity contribution in [1.82, 2.24) is 9.62 Å². The number of rotatable bonds is 10. The highest BCUT2D eigenvalue weighted by Crippen LogP contribution is 2.26. The van der Waals surface area contributed by atoms with Gasteiger partial charge in [-0.2, -0.15) is 4.31 Å². The molecule has 152 valence electrons. The number of hydrogen-bond acceptors (Lipinski definition) is 5. The molecule has 27 heavy (non-hydrogen) atoms. The Labute approximate surface area is 166 Å². The van der Waals surface area contributed by atoms with Crippen molar-refractivity contribution in [3.63, 3.8) is 0 Å². The number of carbonyl (C=O) groups excluding carboxylic acids is 2. The number of nitrogens with zero attached hydrogens (tertiary/aromatic N) is 1. The number of halogens is 1. The van der Waals surface area contributed by atoms with Gasteiger partial charge >= 0.3 is 5.97 Å². The predicted octanol–water partition coefficient (Wildman–Crippen LogP) is 2.83. The van der Waals surface area contributed by atoms with E-state index in [9.17, 15) is 18.0 Å². The summed E-state index contributed by atoms with van der Waals surface area (Å²) in [5.41, 5.74) is 0.0135. The fourth-order valence-electron chi connectivity index (χ4n) is 2.57. The Morgan fingerprint density at radius 2 is 1.85 bits per heavy atom. The smallest absolute Gasteiger partial charge is 0.338 e. The van der Waals surface area contributed by atoms with Gasteiger partial charge in [0.1, 0.15) is 4.90 Å². The lowest BCUT2D eigenvalue weighted by atomic mass is 10.2. The Morgan fingerprint density at radius 3 is 2.41 bits per heavy atom. The van der Waals surface area contributed by atoms with Crippen molar-refractivity contribution in [2.45, 2.75) is 51.5 Å². The molecule has 0 radical (unpaired) electrons. The van der Waals surface area contributed by atoms with Gasteiger partial charge in [-0.05, 0) is 31.5 Å². The maximum absolute atomic E-state index is 12.7. The van der Waals surface area contributed by atoms with Gasteiger partial charge in [-0.25, -0.2) is 13.2 Å². The van der Waals surface area contributed by atoms with Gasteiger partial charge < -0.3 is 10.1 Å². The quantitative estimate of drug-likeness (QED) is 0.590. The molecule has 1 amide bonds. The second kappa shape index (κ2) is 10.6. The van der Waals surface area contributed by atoms with E-state index in [2.05, 4.69) is 5.32 Å². The van der Waals surface area contributed by atoms with Gasteiger partial charge in [0.2, 0.25) is 10.0 Å². The van der Waals surface area contributed by atoms with Crippen LogP contribution in [0, 0.1) is 0 Å². The van der Waals surface area contributed by atoms with Crippen molar-refractivity contribution >= 4 is 33.5 Å². The van der Waals surface area contributed by atoms with Crippen LogP contribution in [0.3, 0.4) is 0 Å². The monoisotopic (exact) mass is 418 g/mol. The number of carbonyl (C=O) groups is 2. The molecule has 0 spiro atoms. The van der Waals surface area contributed by atoms with Crippen molar-refractivity contribution in [3.05, 3.63) is 28.8 Å². The summed E-state index contributed by atoms with van der Waals surface area (Å²) in [6.07, 6.45) is 1.75. The minimum atomic E-state index is -3.83. The maximum atomic E-state index is 12.7. The van der Waals surface area contributed by atoms with Gasteiger partial charge in [0.05, 0.1) is 10.6 Å². The minimum absolute atomic E-state index is 0.0115. The van der Waals surface area contributed by atoms with Crippen LogP contribution in [0.4, 0.5) is 0 Å². The first-order chi connectivity index (χ1) is 12.7. The Hall–Kier alpha value is -1.64. The van der Waals surface area contributed by atoms with E-state index >= 15 is 0 Å². The number of amides is 1. The summed E-state index contributed by atoms with van der Waals surface area (Å²) in [5, 5.41) is 2.74. The van der Waals surface area contributed by atoms with Crippen LogP contribution in [0.2, 0.25) is 5.02 Å². The van der Waals surface area contributed by atoms with Gasteiger partial charge in [-0.1, -0.05) is 38.8 Å². The highest BCUT2D eigenvalue weighted by Gasteiger charge is 2.26. The molecule has 1 aromatic rings. The Balaban J connectivity index is 2.90. The Kier molecular flexibility index (Phi) is 9.21. The van der Waals surface area contributed by atoms with Crippen LogP contribution in [0.5, 0.6) is 0 Å². The van der Waals surface area contributed by atoms with E-state index < -0.39 is 28.5 Å². The molecule has 0 aliphatic heterocycles. The topological polar surface area (TPSA) is 92.8 Å². The second-order valence-corrected chi connectivity index (χ2v) is 8.38. The Morgan fingerprint density at radius 1 is 1.22 bits per heavy atom. The lowest BCUT2D eigenvalue weighted by Crippen LogP contribution is -2.35. The molecule has 0 fully saturated rings. The van der Waals surface area contributed by atoms with E-state index in [1.807, 2.05) is 13.8 Å². The summed E-state index contributed by atoms with van der Waals surface area (Å²) < 4.78 is 31.6. The average Bonchev–Trinajstić information content (AvgIpc) is 2.60. The van der Waals surface area contributed by atoms with Crippen LogP contribution in [0.15, 0.2) is 23.1 Å². The van der Waals surface area contributed by atoms with Crippen LogP contribution >= 0.6 is 11.6 Å². The zero-order chi connectivity index (χ0) is 20.6. The predicted molar refractivity (Wildman–Crippen MR) is 104 cm³/mol. The molecule has 7 nitrogen and oxygen atoms in total. The van der Waals surface area contributed by atoms with E-state index in [0.717, 1.165) is 12.8 Å². The normalized spacial score (nSPS) is 12.7. The first-order valence-corrected chi connectivity index (χ1v) is 10.7. The zero-order valence-corrected chi connectivity index (χ0v) is 17.7. The van der Waals surface area contributed by atoms with E-state index in [0.29, 0.717) is 0 Å². The molecule has 0 aromatic heterocycles. The first kappa shape index (κ1) is 23.4. The highest BCUT2D eigenvalue weighted by atomic mass is 35.5. The molecule has 0 unspecified atom stereocenters. The molecule has 1 N–H and O–H groups in total. The summed E-state index contributed by atoms with van der Waals surface area (Å²) in [7, 11) is -3.83. The second-order valence-electron chi connectivity index (χ2n) is 6.07. The van der Waals surface area contributed by atoms with E-state index in [1.54, 1.807) is 13.8 Å². The number of ether oxygens (including phenoxy) is 1. The van der Waals surface area contributed by atoms with Crippen molar-refractivity contribution in [2.24, 2.45) is 0 Å². The molecule has 1 rings (SSSR count). The standard InChI is InChI=1S/C18H27ClN2O5S/c1-5-8-13(4)20-17(22)12-26-18(23)14-9-10-15(19)16(11-14)27(24,25)21(6-2)7-3/h9-11,13H,5-8,12H2,1-4H3,(H,20,22)/t13-/m0/s1. The molecule has 0 saturated carbocycles. The summed E-state index contributed by atoms with van der Waals surface area (Å²) in [6, 6.07) is 3.86. The maximum Gasteiger partial charge on any atom is 0.338 e. The van der Waals surface area contributed by atoms with Crippen molar-refractivity contribution in [3.8, 4) is 0 Å². The summed E-state index contributed by atoms with van der Waals surface area (Å²) >= 11 is 6.04. The minimum Gasteiger partial charge on any atom is -0.452 e. The fourth-order valence-corrected chi connectivity index (χ4v) is 4.53. The molecule has 0 bridgehead atoms. The number of esters is 1. The molecule has 0 saturated heterocycles. The van der Waals surface area contributed by atoms with Gasteiger partial charge in [0.25, 0.3) is 5.91 Å². The molecular formula is C18H27ClN2O5S. The van der Waals surface area contributed by atoms with Gasteiger partial charge in [-0.3, -0.25) is 4.79 Å². The van der Waals surface area contributed by atoms with Crippen molar-refractivity contribution in [1.29, 1.82) is 0 Å². The Bertz CT molecular complexity index is 763. The number of benzene rings is 1. The molecule has 1 atom stereocenters. The third-order valence-corrected chi connectivity index (χ3v) is 6.49. The van der Waals surface area contributed by atoms with Crippen LogP contribution < -0.4 is 5.32 Å². The van der Waals surface area contributed by atoms with Gasteiger partial charge in [0.15, 0.2) is 6.61 Å². The molecule has 1 aromatic carbocycles. The first-order valence-electron chi connectivity index (χ1n) is 8.93. The zero-order valence-electron chi connectivity index (χ0n) is 16.1. The van der Waals surface area contributed by atoms with Crippen molar-refractivity contribution < 1.29 is 22.7 Å². The third kappa shape index (κ3) is 6.48. The van der Waals surface area contributed by atoms with Gasteiger partial charge in [-0.15, -0.1) is 0 Å².